The predicted octanol–water partition coefficient (Wildman–Crippen LogP) is 27.5. The first-order valence-electron chi connectivity index (χ1n) is 46.1. The molecular formula is C89H174O17P2. The number of aliphatic hydroxyl groups is 1. The Morgan fingerprint density at radius 1 is 0.250 bits per heavy atom. The number of esters is 4. The van der Waals surface area contributed by atoms with Gasteiger partial charge in [-0.15, -0.1) is 0 Å². The van der Waals surface area contributed by atoms with Gasteiger partial charge in [-0.05, 0) is 31.6 Å². The molecule has 0 spiro atoms. The van der Waals surface area contributed by atoms with Gasteiger partial charge in [0.05, 0.1) is 26.4 Å². The molecule has 0 aliphatic rings. The van der Waals surface area contributed by atoms with E-state index in [0.717, 1.165) is 95.8 Å². The zero-order chi connectivity index (χ0) is 79.0. The second kappa shape index (κ2) is 81.6. The molecule has 0 bridgehead atoms. The lowest BCUT2D eigenvalue weighted by molar-refractivity contribution is -0.161. The molecule has 642 valence electrons. The van der Waals surface area contributed by atoms with Gasteiger partial charge in [0.2, 0.25) is 0 Å². The summed E-state index contributed by atoms with van der Waals surface area (Å²) in [5, 5.41) is 10.7. The Morgan fingerprint density at radius 2 is 0.426 bits per heavy atom. The zero-order valence-corrected chi connectivity index (χ0v) is 72.8. The van der Waals surface area contributed by atoms with Crippen LogP contribution in [0.3, 0.4) is 0 Å². The molecule has 108 heavy (non-hydrogen) atoms. The van der Waals surface area contributed by atoms with E-state index >= 15 is 0 Å². The highest BCUT2D eigenvalue weighted by Crippen LogP contribution is 2.45. The van der Waals surface area contributed by atoms with Crippen LogP contribution < -0.4 is 0 Å². The molecule has 17 nitrogen and oxygen atoms in total. The van der Waals surface area contributed by atoms with Gasteiger partial charge in [-0.3, -0.25) is 37.3 Å². The minimum Gasteiger partial charge on any atom is -0.462 e. The second-order valence-corrected chi connectivity index (χ2v) is 35.4. The van der Waals surface area contributed by atoms with Crippen molar-refractivity contribution in [3.63, 3.8) is 0 Å². The van der Waals surface area contributed by atoms with Crippen LogP contribution in [0.25, 0.3) is 0 Å². The number of phosphoric ester groups is 2. The lowest BCUT2D eigenvalue weighted by atomic mass is 10.0. The Hall–Kier alpha value is -1.94. The molecule has 0 aliphatic heterocycles. The third-order valence-electron chi connectivity index (χ3n) is 21.0. The van der Waals surface area contributed by atoms with E-state index in [1.807, 2.05) is 0 Å². The lowest BCUT2D eigenvalue weighted by Gasteiger charge is -2.21. The molecule has 0 aliphatic carbocycles. The van der Waals surface area contributed by atoms with Crippen molar-refractivity contribution < 1.29 is 80.2 Å². The average Bonchev–Trinajstić information content (AvgIpc) is 0.905. The smallest absolute Gasteiger partial charge is 0.462 e. The summed E-state index contributed by atoms with van der Waals surface area (Å²) < 4.78 is 69.0. The van der Waals surface area contributed by atoms with Crippen molar-refractivity contribution in [2.75, 3.05) is 39.6 Å². The molecule has 19 heteroatoms. The molecule has 0 fully saturated rings. The molecule has 2 unspecified atom stereocenters. The van der Waals surface area contributed by atoms with Crippen molar-refractivity contribution in [3.8, 4) is 0 Å². The van der Waals surface area contributed by atoms with E-state index < -0.39 is 97.5 Å². The first kappa shape index (κ1) is 106. The third-order valence-corrected chi connectivity index (χ3v) is 22.9. The van der Waals surface area contributed by atoms with Crippen LogP contribution in [-0.4, -0.2) is 96.7 Å². The van der Waals surface area contributed by atoms with Gasteiger partial charge in [0.15, 0.2) is 12.2 Å². The summed E-state index contributed by atoms with van der Waals surface area (Å²) in [7, 11) is -9.93. The van der Waals surface area contributed by atoms with Crippen LogP contribution in [0.4, 0.5) is 0 Å². The summed E-state index contributed by atoms with van der Waals surface area (Å²) in [5.74, 6) is -1.27. The number of carbonyl (C=O) groups is 4. The maximum atomic E-state index is 13.2. The molecule has 3 N–H and O–H groups in total. The number of carbonyl (C=O) groups excluding carboxylic acids is 4. The molecule has 0 aromatic rings. The number of ether oxygens (including phenoxy) is 4. The minimum atomic E-state index is -4.97. The van der Waals surface area contributed by atoms with E-state index in [2.05, 4.69) is 34.6 Å². The second-order valence-electron chi connectivity index (χ2n) is 32.5. The van der Waals surface area contributed by atoms with Crippen LogP contribution in [0.1, 0.15) is 484 Å². The van der Waals surface area contributed by atoms with Crippen molar-refractivity contribution in [2.24, 2.45) is 5.92 Å². The van der Waals surface area contributed by atoms with E-state index in [0.29, 0.717) is 25.7 Å². The van der Waals surface area contributed by atoms with E-state index in [4.69, 9.17) is 37.0 Å². The average molecular weight is 1580 g/mol. The van der Waals surface area contributed by atoms with E-state index in [9.17, 15) is 43.2 Å². The fraction of sp³-hybridized carbons (Fsp3) is 0.955. The van der Waals surface area contributed by atoms with Gasteiger partial charge in [0, 0.05) is 25.7 Å². The first-order valence-corrected chi connectivity index (χ1v) is 49.1. The predicted molar refractivity (Wildman–Crippen MR) is 446 cm³/mol. The largest absolute Gasteiger partial charge is 0.472 e. The summed E-state index contributed by atoms with van der Waals surface area (Å²) in [6.45, 7) is 7.42. The van der Waals surface area contributed by atoms with Crippen LogP contribution in [0.2, 0.25) is 0 Å². The van der Waals surface area contributed by atoms with Gasteiger partial charge >= 0.3 is 39.5 Å². The van der Waals surface area contributed by atoms with Gasteiger partial charge in [0.25, 0.3) is 0 Å². The standard InChI is InChI=1S/C89H174O17P2/c1-6-9-12-15-18-21-24-26-28-30-31-36-39-43-48-53-58-63-68-73-87(92)100-79-85(106-89(94)75-70-65-60-55-50-45-41-37-33-32-35-38-42-47-51-56-61-66-71-82(4)5)81-104-108(97,98)102-77-83(90)76-101-107(95,96)103-80-84(78-99-86(91)72-67-62-57-52-46-23-20-17-14-11-8-3)105-88(93)74-69-64-59-54-49-44-40-34-29-27-25-22-19-16-13-10-7-2/h82-85,90H,6-81H2,1-5H3,(H,95,96)(H,97,98)/t83-,84+,85+/m0/s1. The number of hydrogen-bond acceptors (Lipinski definition) is 15. The van der Waals surface area contributed by atoms with Crippen LogP contribution in [0.5, 0.6) is 0 Å². The monoisotopic (exact) mass is 1580 g/mol. The Morgan fingerprint density at radius 3 is 0.630 bits per heavy atom. The van der Waals surface area contributed by atoms with Crippen molar-refractivity contribution in [1.29, 1.82) is 0 Å². The molecule has 0 radical (unpaired) electrons. The van der Waals surface area contributed by atoms with Crippen LogP contribution in [0, 0.1) is 5.92 Å². The lowest BCUT2D eigenvalue weighted by Crippen LogP contribution is -2.30. The van der Waals surface area contributed by atoms with Crippen molar-refractivity contribution >= 4 is 39.5 Å². The summed E-state index contributed by atoms with van der Waals surface area (Å²) in [6.07, 6.45) is 76.4. The van der Waals surface area contributed by atoms with E-state index in [1.165, 1.54) is 308 Å². The quantitative estimate of drug-likeness (QED) is 0.0222. The van der Waals surface area contributed by atoms with Gasteiger partial charge in [0.1, 0.15) is 19.3 Å². The number of unbranched alkanes of at least 4 members (excludes halogenated alkanes) is 61. The van der Waals surface area contributed by atoms with Gasteiger partial charge in [-0.1, -0.05) is 433 Å². The molecule has 0 aromatic heterocycles. The van der Waals surface area contributed by atoms with E-state index in [-0.39, 0.29) is 25.7 Å². The molecule has 0 amide bonds. The first-order chi connectivity index (χ1) is 52.5. The van der Waals surface area contributed by atoms with Crippen LogP contribution >= 0.6 is 15.6 Å². The molecule has 0 heterocycles. The van der Waals surface area contributed by atoms with Gasteiger partial charge in [-0.25, -0.2) is 9.13 Å². The van der Waals surface area contributed by atoms with Gasteiger partial charge in [-0.2, -0.15) is 0 Å². The highest BCUT2D eigenvalue weighted by molar-refractivity contribution is 7.47. The van der Waals surface area contributed by atoms with Crippen LogP contribution in [-0.2, 0) is 65.4 Å². The molecule has 0 saturated heterocycles. The SMILES string of the molecule is CCCCCCCCCCCCCCCCCCCCCC(=O)OC[C@H](COP(=O)(O)OC[C@@H](O)COP(=O)(O)OC[C@@H](COC(=O)CCCCCCCCCCCCC)OC(=O)CCCCCCCCCCCCCCCCCCC)OC(=O)CCCCCCCCCCCCCCCCCCCCC(C)C. The van der Waals surface area contributed by atoms with Crippen LogP contribution in [0.15, 0.2) is 0 Å². The van der Waals surface area contributed by atoms with E-state index in [1.54, 1.807) is 0 Å². The van der Waals surface area contributed by atoms with Crippen molar-refractivity contribution in [3.05, 3.63) is 0 Å². The fourth-order valence-corrected chi connectivity index (χ4v) is 15.6. The Kier molecular flexibility index (Phi) is 80.2. The zero-order valence-electron chi connectivity index (χ0n) is 71.0. The number of aliphatic hydroxyl groups excluding tert-OH is 1. The maximum absolute atomic E-state index is 13.2. The molecule has 0 saturated carbocycles. The van der Waals surface area contributed by atoms with Crippen molar-refractivity contribution in [1.82, 2.24) is 0 Å². The molecular weight excluding hydrogens is 1400 g/mol. The molecule has 0 aromatic carbocycles. The summed E-state index contributed by atoms with van der Waals surface area (Å²) in [4.78, 5) is 73.3. The third kappa shape index (κ3) is 82.1. The molecule has 0 rings (SSSR count). The molecule has 5 atom stereocenters. The number of hydrogen-bond donors (Lipinski definition) is 3. The maximum Gasteiger partial charge on any atom is 0.472 e. The summed E-state index contributed by atoms with van der Waals surface area (Å²) in [5.41, 5.74) is 0. The Labute approximate surface area is 664 Å². The number of rotatable bonds is 89. The van der Waals surface area contributed by atoms with Crippen molar-refractivity contribution in [2.45, 2.75) is 502 Å². The van der Waals surface area contributed by atoms with Gasteiger partial charge < -0.3 is 33.8 Å². The summed E-state index contributed by atoms with van der Waals surface area (Å²) in [6, 6.07) is 0. The Balaban J connectivity index is 5.23. The number of phosphoric acid groups is 2. The highest BCUT2D eigenvalue weighted by atomic mass is 31.2. The Bertz CT molecular complexity index is 2050. The minimum absolute atomic E-state index is 0.109. The fourth-order valence-electron chi connectivity index (χ4n) is 14.0. The highest BCUT2D eigenvalue weighted by Gasteiger charge is 2.30. The normalized spacial score (nSPS) is 13.7. The topological polar surface area (TPSA) is 237 Å². The summed E-state index contributed by atoms with van der Waals surface area (Å²) >= 11 is 0.